The smallest absolute Gasteiger partial charge is 0.256 e. The van der Waals surface area contributed by atoms with Crippen LogP contribution in [-0.4, -0.2) is 15.7 Å². The number of aromatic nitrogens is 2. The minimum Gasteiger partial charge on any atom is -0.319 e. The minimum atomic E-state index is -2.23. The largest absolute Gasteiger partial charge is 0.319 e. The van der Waals surface area contributed by atoms with E-state index in [0.717, 1.165) is 10.2 Å². The Morgan fingerprint density at radius 2 is 1.36 bits per heavy atom. The van der Waals surface area contributed by atoms with E-state index >= 15 is 0 Å². The number of nitrogens with zero attached hydrogens (tertiary/aromatic N) is 2. The number of hydrogen-bond acceptors (Lipinski definition) is 2. The van der Waals surface area contributed by atoms with Crippen molar-refractivity contribution in [1.29, 1.82) is 0 Å². The quantitative estimate of drug-likeness (QED) is 0.110. The van der Waals surface area contributed by atoms with Crippen molar-refractivity contribution in [3.8, 4) is 0 Å². The zero-order valence-electron chi connectivity index (χ0n) is 19.3. The van der Waals surface area contributed by atoms with Crippen LogP contribution in [0.1, 0.15) is 28.1 Å². The third-order valence-corrected chi connectivity index (χ3v) is 5.67. The summed E-state index contributed by atoms with van der Waals surface area (Å²) in [6.07, 6.45) is 1.72. The summed E-state index contributed by atoms with van der Waals surface area (Å²) in [6.45, 7) is 2.35. The molecular weight excluding hydrogens is 477 g/mol. The molecule has 1 heterocycles. The van der Waals surface area contributed by atoms with Crippen molar-refractivity contribution in [2.24, 2.45) is 0 Å². The van der Waals surface area contributed by atoms with E-state index in [1.807, 2.05) is 36.4 Å². The molecule has 9 heteroatoms. The fourth-order valence-corrected chi connectivity index (χ4v) is 3.77. The molecule has 184 valence electrons. The SMILES string of the molecule is Cc1nn(Cc2c(F)c(F)c(F)c(F)c2F)c(C)c1NC(=O)/C(=C\c1ccccc1)c1ccccc1. The molecule has 0 bridgehead atoms. The van der Waals surface area contributed by atoms with E-state index in [2.05, 4.69) is 10.4 Å². The van der Waals surface area contributed by atoms with Crippen molar-refractivity contribution in [2.45, 2.75) is 20.4 Å². The summed E-state index contributed by atoms with van der Waals surface area (Å²) in [4.78, 5) is 13.3. The van der Waals surface area contributed by atoms with Crippen LogP contribution in [0, 0.1) is 42.9 Å². The van der Waals surface area contributed by atoms with Crippen LogP contribution in [-0.2, 0) is 11.3 Å². The third-order valence-electron chi connectivity index (χ3n) is 5.67. The van der Waals surface area contributed by atoms with Crippen LogP contribution in [0.15, 0.2) is 60.7 Å². The van der Waals surface area contributed by atoms with Crippen LogP contribution in [0.4, 0.5) is 27.6 Å². The summed E-state index contributed by atoms with van der Waals surface area (Å²) < 4.78 is 70.1. The number of nitrogens with one attached hydrogen (secondary N) is 1. The lowest BCUT2D eigenvalue weighted by Gasteiger charge is -2.12. The van der Waals surface area contributed by atoms with Gasteiger partial charge in [0.1, 0.15) is 0 Å². The lowest BCUT2D eigenvalue weighted by Crippen LogP contribution is -2.15. The highest BCUT2D eigenvalue weighted by atomic mass is 19.2. The molecule has 0 saturated heterocycles. The van der Waals surface area contributed by atoms with Crippen molar-refractivity contribution >= 4 is 23.2 Å². The van der Waals surface area contributed by atoms with Gasteiger partial charge in [-0.2, -0.15) is 5.10 Å². The number of carbonyl (C=O) groups excluding carboxylic acids is 1. The van der Waals surface area contributed by atoms with Crippen LogP contribution in [0.2, 0.25) is 0 Å². The molecular formula is C27H20F5N3O. The number of aryl methyl sites for hydroxylation is 1. The fourth-order valence-electron chi connectivity index (χ4n) is 3.77. The number of hydrogen-bond donors (Lipinski definition) is 1. The maximum absolute atomic E-state index is 14.2. The zero-order valence-corrected chi connectivity index (χ0v) is 19.3. The van der Waals surface area contributed by atoms with Crippen molar-refractivity contribution < 1.29 is 26.7 Å². The first kappa shape index (κ1) is 24.8. The lowest BCUT2D eigenvalue weighted by atomic mass is 10.0. The molecule has 0 aliphatic heterocycles. The van der Waals surface area contributed by atoms with Gasteiger partial charge in [0.25, 0.3) is 5.91 Å². The van der Waals surface area contributed by atoms with Crippen LogP contribution in [0.5, 0.6) is 0 Å². The van der Waals surface area contributed by atoms with Crippen LogP contribution < -0.4 is 5.32 Å². The second kappa shape index (κ2) is 10.2. The van der Waals surface area contributed by atoms with Gasteiger partial charge in [-0.1, -0.05) is 60.7 Å². The van der Waals surface area contributed by atoms with Gasteiger partial charge in [-0.05, 0) is 31.1 Å². The first-order chi connectivity index (χ1) is 17.2. The third kappa shape index (κ3) is 4.77. The summed E-state index contributed by atoms with van der Waals surface area (Å²) in [7, 11) is 0. The van der Waals surface area contributed by atoms with E-state index < -0.39 is 47.1 Å². The number of benzene rings is 3. The van der Waals surface area contributed by atoms with Gasteiger partial charge in [-0.25, -0.2) is 22.0 Å². The van der Waals surface area contributed by atoms with Gasteiger partial charge in [0.2, 0.25) is 5.82 Å². The van der Waals surface area contributed by atoms with Crippen molar-refractivity contribution in [1.82, 2.24) is 9.78 Å². The molecule has 1 aromatic heterocycles. The Kier molecular flexibility index (Phi) is 7.00. The van der Waals surface area contributed by atoms with E-state index in [1.54, 1.807) is 37.3 Å². The van der Waals surface area contributed by atoms with Gasteiger partial charge in [-0.3, -0.25) is 9.48 Å². The summed E-state index contributed by atoms with van der Waals surface area (Å²) in [5.41, 5.74) is 1.62. The molecule has 0 fully saturated rings. The Labute approximate surface area is 203 Å². The molecule has 36 heavy (non-hydrogen) atoms. The fraction of sp³-hybridized carbons (Fsp3) is 0.111. The monoisotopic (exact) mass is 497 g/mol. The highest BCUT2D eigenvalue weighted by Crippen LogP contribution is 2.27. The Morgan fingerprint density at radius 1 is 0.833 bits per heavy atom. The van der Waals surface area contributed by atoms with Gasteiger partial charge >= 0.3 is 0 Å². The zero-order chi connectivity index (χ0) is 26.0. The molecule has 1 amide bonds. The van der Waals surface area contributed by atoms with E-state index in [1.165, 1.54) is 6.92 Å². The normalized spacial score (nSPS) is 11.6. The Hall–Kier alpha value is -4.27. The number of rotatable bonds is 6. The van der Waals surface area contributed by atoms with Crippen LogP contribution >= 0.6 is 0 Å². The number of carbonyl (C=O) groups is 1. The van der Waals surface area contributed by atoms with Crippen molar-refractivity contribution in [2.75, 3.05) is 5.32 Å². The number of amides is 1. The number of anilines is 1. The molecule has 0 radical (unpaired) electrons. The predicted octanol–water partition coefficient (Wildman–Crippen LogP) is 6.42. The maximum atomic E-state index is 14.2. The maximum Gasteiger partial charge on any atom is 0.256 e. The molecule has 4 nitrogen and oxygen atoms in total. The molecule has 0 atom stereocenters. The molecule has 4 aromatic rings. The predicted molar refractivity (Wildman–Crippen MR) is 126 cm³/mol. The van der Waals surface area contributed by atoms with Gasteiger partial charge in [0.15, 0.2) is 23.3 Å². The van der Waals surface area contributed by atoms with E-state index in [0.29, 0.717) is 16.8 Å². The van der Waals surface area contributed by atoms with Crippen molar-refractivity contribution in [3.63, 3.8) is 0 Å². The Balaban J connectivity index is 1.69. The molecule has 0 spiro atoms. The molecule has 0 aliphatic rings. The summed E-state index contributed by atoms with van der Waals surface area (Å²) >= 11 is 0. The van der Waals surface area contributed by atoms with Gasteiger partial charge in [0.05, 0.1) is 29.2 Å². The molecule has 0 aliphatic carbocycles. The minimum absolute atomic E-state index is 0.263. The van der Waals surface area contributed by atoms with Gasteiger partial charge in [0, 0.05) is 5.57 Å². The van der Waals surface area contributed by atoms with E-state index in [-0.39, 0.29) is 11.4 Å². The average molecular weight is 497 g/mol. The highest BCUT2D eigenvalue weighted by Gasteiger charge is 2.27. The standard InChI is InChI=1S/C27H20F5N3O/c1-15-26(16(2)35(34-15)14-20-21(28)23(30)25(32)24(31)22(20)29)33-27(36)19(18-11-7-4-8-12-18)13-17-9-5-3-6-10-17/h3-13H,14H2,1-2H3,(H,33,36)/b19-13-. The van der Waals surface area contributed by atoms with Crippen molar-refractivity contribution in [3.05, 3.63) is 118 Å². The highest BCUT2D eigenvalue weighted by molar-refractivity contribution is 6.29. The number of halogens is 5. The molecule has 1 N–H and O–H groups in total. The van der Waals surface area contributed by atoms with Gasteiger partial charge in [-0.15, -0.1) is 0 Å². The first-order valence-corrected chi connectivity index (χ1v) is 10.9. The van der Waals surface area contributed by atoms with E-state index in [9.17, 15) is 26.7 Å². The van der Waals surface area contributed by atoms with Crippen LogP contribution in [0.3, 0.4) is 0 Å². The molecule has 0 saturated carbocycles. The average Bonchev–Trinajstić information content (AvgIpc) is 3.15. The Bertz CT molecular complexity index is 1440. The van der Waals surface area contributed by atoms with E-state index in [4.69, 9.17) is 0 Å². The lowest BCUT2D eigenvalue weighted by molar-refractivity contribution is -0.111. The van der Waals surface area contributed by atoms with Crippen LogP contribution in [0.25, 0.3) is 11.6 Å². The summed E-state index contributed by atoms with van der Waals surface area (Å²) in [5.74, 6) is -10.6. The summed E-state index contributed by atoms with van der Waals surface area (Å²) in [5, 5.41) is 6.93. The topological polar surface area (TPSA) is 46.9 Å². The van der Waals surface area contributed by atoms with Gasteiger partial charge < -0.3 is 5.32 Å². The molecule has 4 rings (SSSR count). The second-order valence-corrected chi connectivity index (χ2v) is 8.04. The first-order valence-electron chi connectivity index (χ1n) is 10.9. The molecule has 3 aromatic carbocycles. The Morgan fingerprint density at radius 3 is 1.94 bits per heavy atom. The molecule has 0 unspecified atom stereocenters. The second-order valence-electron chi connectivity index (χ2n) is 8.04. The summed E-state index contributed by atoms with van der Waals surface area (Å²) in [6, 6.07) is 18.2.